The molecule has 0 fully saturated rings. The van der Waals surface area contributed by atoms with Gasteiger partial charge in [-0.05, 0) is 48.2 Å². The van der Waals surface area contributed by atoms with Crippen molar-refractivity contribution in [2.24, 2.45) is 0 Å². The molecule has 0 radical (unpaired) electrons. The van der Waals surface area contributed by atoms with E-state index in [1.807, 2.05) is 18.2 Å². The zero-order chi connectivity index (χ0) is 19.8. The normalized spacial score (nSPS) is 12.9. The number of aromatic nitrogens is 1. The van der Waals surface area contributed by atoms with Crippen molar-refractivity contribution in [3.63, 3.8) is 0 Å². The van der Waals surface area contributed by atoms with E-state index in [-0.39, 0.29) is 5.63 Å². The van der Waals surface area contributed by atoms with Crippen LogP contribution in [0.3, 0.4) is 0 Å². The second kappa shape index (κ2) is 7.49. The second-order valence-corrected chi connectivity index (χ2v) is 8.95. The molecule has 1 unspecified atom stereocenters. The lowest BCUT2D eigenvalue weighted by atomic mass is 9.95. The zero-order valence-corrected chi connectivity index (χ0v) is 17.5. The summed E-state index contributed by atoms with van der Waals surface area (Å²) in [6.07, 6.45) is 0. The van der Waals surface area contributed by atoms with Gasteiger partial charge in [0.2, 0.25) is 0 Å². The van der Waals surface area contributed by atoms with Gasteiger partial charge in [0, 0.05) is 17.0 Å². The van der Waals surface area contributed by atoms with E-state index in [4.69, 9.17) is 9.40 Å². The summed E-state index contributed by atoms with van der Waals surface area (Å²) in [6, 6.07) is 14.1. The van der Waals surface area contributed by atoms with Crippen LogP contribution >= 0.6 is 11.3 Å². The highest BCUT2D eigenvalue weighted by Crippen LogP contribution is 2.26. The van der Waals surface area contributed by atoms with Crippen LogP contribution in [0.2, 0.25) is 0 Å². The van der Waals surface area contributed by atoms with Crippen molar-refractivity contribution in [2.45, 2.75) is 39.8 Å². The van der Waals surface area contributed by atoms with Gasteiger partial charge in [-0.1, -0.05) is 26.0 Å². The van der Waals surface area contributed by atoms with Gasteiger partial charge < -0.3 is 9.32 Å². The Labute approximate surface area is 168 Å². The third-order valence-electron chi connectivity index (χ3n) is 5.12. The quantitative estimate of drug-likeness (QED) is 0.521. The van der Waals surface area contributed by atoms with Crippen LogP contribution in [-0.4, -0.2) is 12.0 Å². The molecule has 1 atom stereocenters. The average molecular weight is 394 g/mol. The Bertz CT molecular complexity index is 1170. The van der Waals surface area contributed by atoms with Gasteiger partial charge in [-0.3, -0.25) is 0 Å². The SMILES string of the molecule is Cc1cc2oc(=O)cc(C[NH+](C)Cc3nc4ccccc4s3)c2cc1C(C)C. The van der Waals surface area contributed by atoms with Crippen molar-refractivity contribution >= 4 is 32.5 Å². The van der Waals surface area contributed by atoms with Crippen molar-refractivity contribution in [3.05, 3.63) is 74.6 Å². The molecule has 28 heavy (non-hydrogen) atoms. The maximum Gasteiger partial charge on any atom is 0.336 e. The molecule has 4 aromatic rings. The van der Waals surface area contributed by atoms with Crippen LogP contribution in [0.4, 0.5) is 0 Å². The molecule has 2 heterocycles. The molecule has 2 aromatic heterocycles. The third-order valence-corrected chi connectivity index (χ3v) is 6.16. The largest absolute Gasteiger partial charge is 0.423 e. The molecule has 0 amide bonds. The first-order valence-corrected chi connectivity index (χ1v) is 10.5. The minimum absolute atomic E-state index is 0.285. The van der Waals surface area contributed by atoms with Crippen LogP contribution in [0.15, 0.2) is 51.7 Å². The zero-order valence-electron chi connectivity index (χ0n) is 16.7. The number of hydrogen-bond acceptors (Lipinski definition) is 4. The number of aryl methyl sites for hydroxylation is 1. The Kier molecular flexibility index (Phi) is 5.04. The summed E-state index contributed by atoms with van der Waals surface area (Å²) >= 11 is 1.74. The van der Waals surface area contributed by atoms with Crippen molar-refractivity contribution in [1.29, 1.82) is 0 Å². The highest BCUT2D eigenvalue weighted by molar-refractivity contribution is 7.18. The van der Waals surface area contributed by atoms with Crippen LogP contribution in [0.25, 0.3) is 21.2 Å². The van der Waals surface area contributed by atoms with Gasteiger partial charge in [-0.15, -0.1) is 11.3 Å². The molecule has 144 valence electrons. The van der Waals surface area contributed by atoms with Crippen LogP contribution in [0.1, 0.15) is 41.5 Å². The predicted molar refractivity (Wildman–Crippen MR) is 115 cm³/mol. The van der Waals surface area contributed by atoms with Gasteiger partial charge in [0.25, 0.3) is 0 Å². The summed E-state index contributed by atoms with van der Waals surface area (Å²) in [5, 5.41) is 2.15. The molecule has 0 aliphatic carbocycles. The number of benzene rings is 2. The Morgan fingerprint density at radius 3 is 2.68 bits per heavy atom. The highest BCUT2D eigenvalue weighted by atomic mass is 32.1. The molecule has 5 heteroatoms. The molecule has 0 saturated carbocycles. The second-order valence-electron chi connectivity index (χ2n) is 7.84. The van der Waals surface area contributed by atoms with Crippen LogP contribution in [0, 0.1) is 6.92 Å². The number of hydrogen-bond donors (Lipinski definition) is 1. The fraction of sp³-hybridized carbons (Fsp3) is 0.304. The molecule has 0 aliphatic rings. The summed E-state index contributed by atoms with van der Waals surface area (Å²) in [5.74, 6) is 0.428. The molecular formula is C23H25N2O2S+. The highest BCUT2D eigenvalue weighted by Gasteiger charge is 2.15. The van der Waals surface area contributed by atoms with E-state index in [0.29, 0.717) is 11.5 Å². The minimum Gasteiger partial charge on any atom is -0.423 e. The lowest BCUT2D eigenvalue weighted by Crippen LogP contribution is -3.06. The van der Waals surface area contributed by atoms with E-state index in [9.17, 15) is 4.79 Å². The summed E-state index contributed by atoms with van der Waals surface area (Å²) in [4.78, 5) is 18.1. The summed E-state index contributed by atoms with van der Waals surface area (Å²) < 4.78 is 6.70. The lowest BCUT2D eigenvalue weighted by molar-refractivity contribution is -0.907. The number of rotatable bonds is 5. The molecule has 1 N–H and O–H groups in total. The predicted octanol–water partition coefficient (Wildman–Crippen LogP) is 4.05. The number of nitrogens with zero attached hydrogens (tertiary/aromatic N) is 1. The van der Waals surface area contributed by atoms with E-state index in [0.717, 1.165) is 40.1 Å². The van der Waals surface area contributed by atoms with Gasteiger partial charge >= 0.3 is 5.63 Å². The first kappa shape index (κ1) is 18.8. The first-order chi connectivity index (χ1) is 13.4. The van der Waals surface area contributed by atoms with Crippen molar-refractivity contribution in [2.75, 3.05) is 7.05 Å². The smallest absolute Gasteiger partial charge is 0.336 e. The van der Waals surface area contributed by atoms with E-state index in [1.54, 1.807) is 17.4 Å². The van der Waals surface area contributed by atoms with E-state index < -0.39 is 0 Å². The number of para-hydroxylation sites is 1. The topological polar surface area (TPSA) is 47.5 Å². The Morgan fingerprint density at radius 2 is 1.93 bits per heavy atom. The molecule has 0 bridgehead atoms. The number of thiazole rings is 1. The summed E-state index contributed by atoms with van der Waals surface area (Å²) in [7, 11) is 2.14. The maximum atomic E-state index is 12.1. The van der Waals surface area contributed by atoms with E-state index >= 15 is 0 Å². The summed E-state index contributed by atoms with van der Waals surface area (Å²) in [5.41, 5.74) is 4.94. The Morgan fingerprint density at radius 1 is 1.14 bits per heavy atom. The van der Waals surface area contributed by atoms with Crippen molar-refractivity contribution in [1.82, 2.24) is 4.98 Å². The van der Waals surface area contributed by atoms with Crippen LogP contribution < -0.4 is 10.5 Å². The van der Waals surface area contributed by atoms with Crippen molar-refractivity contribution in [3.8, 4) is 0 Å². The fourth-order valence-corrected chi connectivity index (χ4v) is 4.88. The Balaban J connectivity index is 1.65. The number of fused-ring (bicyclic) bond motifs is 2. The van der Waals surface area contributed by atoms with Crippen LogP contribution in [-0.2, 0) is 13.1 Å². The van der Waals surface area contributed by atoms with Gasteiger partial charge in [0.05, 0.1) is 17.3 Å². The molecular weight excluding hydrogens is 368 g/mol. The average Bonchev–Trinajstić information content (AvgIpc) is 3.02. The van der Waals surface area contributed by atoms with E-state index in [1.165, 1.54) is 15.2 Å². The Hall–Kier alpha value is -2.50. The molecule has 4 rings (SSSR count). The first-order valence-electron chi connectivity index (χ1n) is 9.63. The monoisotopic (exact) mass is 393 g/mol. The standard InChI is InChI=1S/C23H24N2O2S/c1-14(2)17-11-18-16(10-23(26)27-20(18)9-15(17)3)12-25(4)13-22-24-19-7-5-6-8-21(19)28-22/h5-11,14H,12-13H2,1-4H3/p+1. The van der Waals surface area contributed by atoms with Gasteiger partial charge in [0.1, 0.15) is 23.7 Å². The van der Waals surface area contributed by atoms with Gasteiger partial charge in [0.15, 0.2) is 0 Å². The lowest BCUT2D eigenvalue weighted by Gasteiger charge is -2.16. The van der Waals surface area contributed by atoms with Crippen molar-refractivity contribution < 1.29 is 9.32 Å². The molecule has 2 aromatic carbocycles. The molecule has 4 nitrogen and oxygen atoms in total. The third kappa shape index (κ3) is 3.73. The van der Waals surface area contributed by atoms with Gasteiger partial charge in [-0.2, -0.15) is 0 Å². The van der Waals surface area contributed by atoms with E-state index in [2.05, 4.69) is 46.0 Å². The molecule has 0 spiro atoms. The molecule has 0 saturated heterocycles. The summed E-state index contributed by atoms with van der Waals surface area (Å²) in [6.45, 7) is 8.03. The molecule has 0 aliphatic heterocycles. The fourth-order valence-electron chi connectivity index (χ4n) is 3.80. The number of nitrogens with one attached hydrogen (secondary N) is 1. The maximum absolute atomic E-state index is 12.1. The van der Waals surface area contributed by atoms with Gasteiger partial charge in [-0.25, -0.2) is 9.78 Å². The minimum atomic E-state index is -0.285. The van der Waals surface area contributed by atoms with Crippen LogP contribution in [0.5, 0.6) is 0 Å². The number of quaternary nitrogens is 1.